The molecule has 1 aliphatic rings. The third kappa shape index (κ3) is 3.07. The van der Waals surface area contributed by atoms with Crippen LogP contribution >= 0.6 is 0 Å². The van der Waals surface area contributed by atoms with Crippen LogP contribution in [0.15, 0.2) is 35.2 Å². The number of rotatable bonds is 3. The molecule has 4 heterocycles. The SMILES string of the molecule is O=C(c1ccncc1F)N1CCC[C@H](c2noc(-c3cc(F)c[nH]3)n2)C1. The molecule has 0 spiro atoms. The molecule has 0 aliphatic carbocycles. The molecule has 0 unspecified atom stereocenters. The standard InChI is InChI=1S/C17H15F2N5O2/c18-11-6-14(21-7-11)16-22-15(23-26-16)10-2-1-5-24(9-10)17(25)12-3-4-20-8-13(12)19/h3-4,6-8,10,21H,1-2,5,9H2/t10-/m0/s1. The van der Waals surface area contributed by atoms with Gasteiger partial charge in [-0.15, -0.1) is 0 Å². The fourth-order valence-corrected chi connectivity index (χ4v) is 3.09. The van der Waals surface area contributed by atoms with E-state index >= 15 is 0 Å². The Hall–Kier alpha value is -3.10. The molecular formula is C17H15F2N5O2. The van der Waals surface area contributed by atoms with Gasteiger partial charge in [-0.05, 0) is 18.9 Å². The molecule has 1 aliphatic heterocycles. The van der Waals surface area contributed by atoms with Gasteiger partial charge in [0.1, 0.15) is 11.5 Å². The molecule has 26 heavy (non-hydrogen) atoms. The third-order valence-electron chi connectivity index (χ3n) is 4.40. The summed E-state index contributed by atoms with van der Waals surface area (Å²) in [5.41, 5.74) is 0.389. The molecule has 134 valence electrons. The highest BCUT2D eigenvalue weighted by Crippen LogP contribution is 2.28. The molecule has 0 radical (unpaired) electrons. The molecule has 1 N–H and O–H groups in total. The number of hydrogen-bond acceptors (Lipinski definition) is 5. The van der Waals surface area contributed by atoms with Gasteiger partial charge in [0.2, 0.25) is 0 Å². The fraction of sp³-hybridized carbons (Fsp3) is 0.294. The molecule has 9 heteroatoms. The van der Waals surface area contributed by atoms with Gasteiger partial charge in [0.05, 0.1) is 11.8 Å². The van der Waals surface area contributed by atoms with E-state index in [2.05, 4.69) is 20.1 Å². The number of pyridine rings is 1. The Morgan fingerprint density at radius 1 is 1.38 bits per heavy atom. The lowest BCUT2D eigenvalue weighted by Crippen LogP contribution is -2.39. The summed E-state index contributed by atoms with van der Waals surface area (Å²) in [6.07, 6.45) is 5.13. The van der Waals surface area contributed by atoms with Gasteiger partial charge in [-0.3, -0.25) is 9.78 Å². The van der Waals surface area contributed by atoms with Crippen molar-refractivity contribution >= 4 is 5.91 Å². The first-order valence-electron chi connectivity index (χ1n) is 8.18. The lowest BCUT2D eigenvalue weighted by molar-refractivity contribution is 0.0698. The van der Waals surface area contributed by atoms with Crippen molar-refractivity contribution in [3.05, 3.63) is 53.7 Å². The average molecular weight is 359 g/mol. The van der Waals surface area contributed by atoms with E-state index in [1.165, 1.54) is 24.5 Å². The Kier molecular flexibility index (Phi) is 4.19. The van der Waals surface area contributed by atoms with Crippen LogP contribution < -0.4 is 0 Å². The van der Waals surface area contributed by atoms with Crippen LogP contribution in [-0.2, 0) is 0 Å². The molecule has 1 fully saturated rings. The predicted molar refractivity (Wildman–Crippen MR) is 86.1 cm³/mol. The number of H-pyrrole nitrogens is 1. The van der Waals surface area contributed by atoms with Crippen LogP contribution in [0.2, 0.25) is 0 Å². The number of aromatic nitrogens is 4. The summed E-state index contributed by atoms with van der Waals surface area (Å²) < 4.78 is 32.1. The Morgan fingerprint density at radius 2 is 2.27 bits per heavy atom. The Labute approximate surface area is 147 Å². The Balaban J connectivity index is 1.51. The quantitative estimate of drug-likeness (QED) is 0.777. The molecule has 7 nitrogen and oxygen atoms in total. The average Bonchev–Trinajstić information content (AvgIpc) is 3.31. The first-order valence-corrected chi connectivity index (χ1v) is 8.18. The summed E-state index contributed by atoms with van der Waals surface area (Å²) in [4.78, 5) is 24.8. The largest absolute Gasteiger partial charge is 0.355 e. The molecule has 3 aromatic rings. The van der Waals surface area contributed by atoms with Crippen molar-refractivity contribution in [1.82, 2.24) is 25.0 Å². The number of piperidine rings is 1. The second-order valence-corrected chi connectivity index (χ2v) is 6.14. The maximum absolute atomic E-state index is 13.8. The van der Waals surface area contributed by atoms with E-state index in [4.69, 9.17) is 4.52 Å². The van der Waals surface area contributed by atoms with Gasteiger partial charge in [-0.2, -0.15) is 4.98 Å². The van der Waals surface area contributed by atoms with Crippen LogP contribution in [0.5, 0.6) is 0 Å². The second kappa shape index (κ2) is 6.66. The Morgan fingerprint density at radius 3 is 3.04 bits per heavy atom. The summed E-state index contributed by atoms with van der Waals surface area (Å²) >= 11 is 0. The highest BCUT2D eigenvalue weighted by molar-refractivity contribution is 5.94. The zero-order valence-corrected chi connectivity index (χ0v) is 13.7. The van der Waals surface area contributed by atoms with E-state index in [1.54, 1.807) is 4.90 Å². The molecule has 0 saturated carbocycles. The van der Waals surface area contributed by atoms with Gasteiger partial charge >= 0.3 is 0 Å². The third-order valence-corrected chi connectivity index (χ3v) is 4.40. The second-order valence-electron chi connectivity index (χ2n) is 6.14. The zero-order chi connectivity index (χ0) is 18.1. The number of halogens is 2. The van der Waals surface area contributed by atoms with E-state index in [9.17, 15) is 13.6 Å². The van der Waals surface area contributed by atoms with Gasteiger partial charge in [-0.1, -0.05) is 5.16 Å². The summed E-state index contributed by atoms with van der Waals surface area (Å²) in [6.45, 7) is 0.891. The lowest BCUT2D eigenvalue weighted by Gasteiger charge is -2.31. The van der Waals surface area contributed by atoms with Crippen LogP contribution in [0.3, 0.4) is 0 Å². The van der Waals surface area contributed by atoms with Crippen molar-refractivity contribution in [3.63, 3.8) is 0 Å². The number of aromatic amines is 1. The summed E-state index contributed by atoms with van der Waals surface area (Å²) in [5.74, 6) is -0.946. The van der Waals surface area contributed by atoms with Crippen molar-refractivity contribution in [3.8, 4) is 11.6 Å². The highest BCUT2D eigenvalue weighted by Gasteiger charge is 2.29. The molecule has 1 saturated heterocycles. The van der Waals surface area contributed by atoms with E-state index < -0.39 is 11.6 Å². The van der Waals surface area contributed by atoms with E-state index in [1.807, 2.05) is 0 Å². The van der Waals surface area contributed by atoms with E-state index in [0.717, 1.165) is 19.0 Å². The maximum Gasteiger partial charge on any atom is 0.274 e. The van der Waals surface area contributed by atoms with E-state index in [-0.39, 0.29) is 23.3 Å². The molecule has 0 bridgehead atoms. The van der Waals surface area contributed by atoms with Crippen molar-refractivity contribution in [2.75, 3.05) is 13.1 Å². The van der Waals surface area contributed by atoms with Crippen molar-refractivity contribution in [2.45, 2.75) is 18.8 Å². The first-order chi connectivity index (χ1) is 12.6. The van der Waals surface area contributed by atoms with Crippen LogP contribution in [0.25, 0.3) is 11.6 Å². The summed E-state index contributed by atoms with van der Waals surface area (Å²) in [5, 5.41) is 3.96. The van der Waals surface area contributed by atoms with Crippen molar-refractivity contribution in [1.29, 1.82) is 0 Å². The number of carbonyl (C=O) groups excluding carboxylic acids is 1. The first kappa shape index (κ1) is 16.4. The predicted octanol–water partition coefficient (Wildman–Crippen LogP) is 2.76. The highest BCUT2D eigenvalue weighted by atomic mass is 19.1. The summed E-state index contributed by atoms with van der Waals surface area (Å²) in [6, 6.07) is 2.63. The van der Waals surface area contributed by atoms with Crippen LogP contribution in [-0.4, -0.2) is 44.0 Å². The fourth-order valence-electron chi connectivity index (χ4n) is 3.09. The van der Waals surface area contributed by atoms with E-state index in [0.29, 0.717) is 24.6 Å². The van der Waals surface area contributed by atoms with Crippen molar-refractivity contribution in [2.24, 2.45) is 0 Å². The van der Waals surface area contributed by atoms with Crippen molar-refractivity contribution < 1.29 is 18.1 Å². The van der Waals surface area contributed by atoms with Gasteiger partial charge < -0.3 is 14.4 Å². The lowest BCUT2D eigenvalue weighted by atomic mass is 9.97. The minimum atomic E-state index is -0.643. The molecule has 1 amide bonds. The van der Waals surface area contributed by atoms with Gasteiger partial charge in [0.25, 0.3) is 11.8 Å². The number of carbonyl (C=O) groups is 1. The van der Waals surface area contributed by atoms with Crippen LogP contribution in [0.1, 0.15) is 34.9 Å². The van der Waals surface area contributed by atoms with Gasteiger partial charge in [0, 0.05) is 37.5 Å². The summed E-state index contributed by atoms with van der Waals surface area (Å²) in [7, 11) is 0. The number of amides is 1. The smallest absolute Gasteiger partial charge is 0.274 e. The van der Waals surface area contributed by atoms with Gasteiger partial charge in [-0.25, -0.2) is 8.78 Å². The zero-order valence-electron chi connectivity index (χ0n) is 13.7. The molecule has 4 rings (SSSR count). The number of likely N-dealkylation sites (tertiary alicyclic amines) is 1. The molecule has 3 aromatic heterocycles. The minimum Gasteiger partial charge on any atom is -0.355 e. The topological polar surface area (TPSA) is 87.9 Å². The van der Waals surface area contributed by atoms with Crippen LogP contribution in [0.4, 0.5) is 8.78 Å². The number of nitrogens with zero attached hydrogens (tertiary/aromatic N) is 4. The number of nitrogens with one attached hydrogen (secondary N) is 1. The number of hydrogen-bond donors (Lipinski definition) is 1. The molecular weight excluding hydrogens is 344 g/mol. The Bertz CT molecular complexity index is 939. The van der Waals surface area contributed by atoms with Gasteiger partial charge in [0.15, 0.2) is 11.6 Å². The molecule has 1 atom stereocenters. The van der Waals surface area contributed by atoms with Crippen LogP contribution in [0, 0.1) is 11.6 Å². The normalized spacial score (nSPS) is 17.5. The maximum atomic E-state index is 13.8. The molecule has 0 aromatic carbocycles. The minimum absolute atomic E-state index is 0.00342. The monoisotopic (exact) mass is 359 g/mol.